The zero-order valence-corrected chi connectivity index (χ0v) is 14.3. The first-order valence-electron chi connectivity index (χ1n) is 8.29. The molecule has 0 saturated heterocycles. The summed E-state index contributed by atoms with van der Waals surface area (Å²) in [4.78, 5) is 24.1. The number of aryl methyl sites for hydroxylation is 1. The number of hydrogen-bond acceptors (Lipinski definition) is 2. The molecule has 5 nitrogen and oxygen atoms in total. The van der Waals surface area contributed by atoms with Crippen molar-refractivity contribution < 1.29 is 9.59 Å². The molecule has 1 aliphatic rings. The van der Waals surface area contributed by atoms with Crippen molar-refractivity contribution in [2.45, 2.75) is 32.7 Å². The molecule has 3 rings (SSSR count). The Morgan fingerprint density at radius 1 is 1.12 bits per heavy atom. The third-order valence-electron chi connectivity index (χ3n) is 4.58. The summed E-state index contributed by atoms with van der Waals surface area (Å²) < 4.78 is 1.87. The van der Waals surface area contributed by atoms with Crippen LogP contribution in [0.15, 0.2) is 36.4 Å². The molecular weight excluding hydrogens is 302 g/mol. The van der Waals surface area contributed by atoms with E-state index in [9.17, 15) is 9.59 Å². The molecule has 0 aliphatic heterocycles. The number of benzene rings is 1. The van der Waals surface area contributed by atoms with E-state index >= 15 is 0 Å². The third-order valence-corrected chi connectivity index (χ3v) is 4.58. The average Bonchev–Trinajstić information content (AvgIpc) is 3.35. The first-order chi connectivity index (χ1) is 11.5. The van der Waals surface area contributed by atoms with E-state index in [1.165, 1.54) is 0 Å². The topological polar surface area (TPSA) is 63.1 Å². The fraction of sp³-hybridized carbons (Fsp3) is 0.368. The quantitative estimate of drug-likeness (QED) is 0.887. The zero-order valence-electron chi connectivity index (χ0n) is 14.3. The third kappa shape index (κ3) is 3.50. The predicted molar refractivity (Wildman–Crippen MR) is 93.8 cm³/mol. The maximum Gasteiger partial charge on any atom is 0.268 e. The van der Waals surface area contributed by atoms with Crippen molar-refractivity contribution in [1.29, 1.82) is 0 Å². The Morgan fingerprint density at radius 3 is 2.33 bits per heavy atom. The molecule has 126 valence electrons. The van der Waals surface area contributed by atoms with Gasteiger partial charge in [0.1, 0.15) is 5.69 Å². The van der Waals surface area contributed by atoms with Crippen LogP contribution in [0.2, 0.25) is 0 Å². The van der Waals surface area contributed by atoms with E-state index in [0.29, 0.717) is 5.69 Å². The normalized spacial score (nSPS) is 15.0. The minimum atomic E-state index is -0.110. The van der Waals surface area contributed by atoms with Crippen molar-refractivity contribution >= 4 is 17.5 Å². The van der Waals surface area contributed by atoms with E-state index in [1.807, 2.05) is 61.9 Å². The Balaban J connectivity index is 1.62. The highest BCUT2D eigenvalue weighted by atomic mass is 16.2. The van der Waals surface area contributed by atoms with Gasteiger partial charge in [-0.15, -0.1) is 0 Å². The SMILES string of the molecule is Cc1ccc(C(=O)N[C@H](C)c2ccc(NC(=O)C3CC3)cc2)n1C. The summed E-state index contributed by atoms with van der Waals surface area (Å²) in [5.74, 6) is 0.198. The van der Waals surface area contributed by atoms with E-state index in [4.69, 9.17) is 0 Å². The molecule has 0 unspecified atom stereocenters. The van der Waals surface area contributed by atoms with Crippen LogP contribution in [-0.2, 0) is 11.8 Å². The van der Waals surface area contributed by atoms with Crippen LogP contribution in [0.25, 0.3) is 0 Å². The standard InChI is InChI=1S/C19H23N3O2/c1-12-4-11-17(22(12)3)19(24)20-13(2)14-7-9-16(10-8-14)21-18(23)15-5-6-15/h4,7-11,13,15H,5-6H2,1-3H3,(H,20,24)(H,21,23)/t13-/m1/s1. The Kier molecular flexibility index (Phi) is 4.42. The molecule has 0 spiro atoms. The maximum atomic E-state index is 12.4. The Hall–Kier alpha value is -2.56. The van der Waals surface area contributed by atoms with Crippen LogP contribution in [0.3, 0.4) is 0 Å². The summed E-state index contributed by atoms with van der Waals surface area (Å²) >= 11 is 0. The van der Waals surface area contributed by atoms with Crippen molar-refractivity contribution in [2.24, 2.45) is 13.0 Å². The van der Waals surface area contributed by atoms with Gasteiger partial charge in [-0.1, -0.05) is 12.1 Å². The van der Waals surface area contributed by atoms with Gasteiger partial charge in [-0.25, -0.2) is 0 Å². The van der Waals surface area contributed by atoms with Crippen LogP contribution >= 0.6 is 0 Å². The number of hydrogen-bond donors (Lipinski definition) is 2. The lowest BCUT2D eigenvalue weighted by Gasteiger charge is -2.15. The van der Waals surface area contributed by atoms with Crippen molar-refractivity contribution in [3.05, 3.63) is 53.3 Å². The van der Waals surface area contributed by atoms with Crippen LogP contribution in [0, 0.1) is 12.8 Å². The van der Waals surface area contributed by atoms with Gasteiger partial charge in [0, 0.05) is 24.3 Å². The van der Waals surface area contributed by atoms with Crippen molar-refractivity contribution in [2.75, 3.05) is 5.32 Å². The van der Waals surface area contributed by atoms with Crippen LogP contribution in [0.4, 0.5) is 5.69 Å². The molecule has 1 aromatic heterocycles. The summed E-state index contributed by atoms with van der Waals surface area (Å²) in [6, 6.07) is 11.3. The highest BCUT2D eigenvalue weighted by Crippen LogP contribution is 2.30. The number of aromatic nitrogens is 1. The van der Waals surface area contributed by atoms with Gasteiger partial charge in [-0.3, -0.25) is 9.59 Å². The average molecular weight is 325 g/mol. The van der Waals surface area contributed by atoms with Gasteiger partial charge in [0.2, 0.25) is 5.91 Å². The Labute approximate surface area is 142 Å². The van der Waals surface area contributed by atoms with Gasteiger partial charge >= 0.3 is 0 Å². The summed E-state index contributed by atoms with van der Waals surface area (Å²) in [6.45, 7) is 3.92. The summed E-state index contributed by atoms with van der Waals surface area (Å²) in [5.41, 5.74) is 3.49. The number of carbonyl (C=O) groups is 2. The summed E-state index contributed by atoms with van der Waals surface area (Å²) in [5, 5.41) is 5.93. The minimum absolute atomic E-state index is 0.0933. The highest BCUT2D eigenvalue weighted by Gasteiger charge is 2.29. The fourth-order valence-electron chi connectivity index (χ4n) is 2.64. The smallest absolute Gasteiger partial charge is 0.268 e. The van der Waals surface area contributed by atoms with E-state index in [2.05, 4.69) is 10.6 Å². The van der Waals surface area contributed by atoms with Gasteiger partial charge in [-0.05, 0) is 56.5 Å². The first kappa shape index (κ1) is 16.3. The van der Waals surface area contributed by atoms with E-state index in [0.717, 1.165) is 29.8 Å². The summed E-state index contributed by atoms with van der Waals surface area (Å²) in [6.07, 6.45) is 1.98. The summed E-state index contributed by atoms with van der Waals surface area (Å²) in [7, 11) is 1.88. The molecular formula is C19H23N3O2. The van der Waals surface area contributed by atoms with Crippen LogP contribution < -0.4 is 10.6 Å². The van der Waals surface area contributed by atoms with E-state index in [-0.39, 0.29) is 23.8 Å². The maximum absolute atomic E-state index is 12.4. The lowest BCUT2D eigenvalue weighted by Crippen LogP contribution is -2.28. The monoisotopic (exact) mass is 325 g/mol. The van der Waals surface area contributed by atoms with Crippen LogP contribution in [0.5, 0.6) is 0 Å². The Morgan fingerprint density at radius 2 is 1.79 bits per heavy atom. The van der Waals surface area contributed by atoms with Gasteiger partial charge < -0.3 is 15.2 Å². The van der Waals surface area contributed by atoms with Crippen molar-refractivity contribution in [3.8, 4) is 0 Å². The number of amides is 2. The molecule has 1 heterocycles. The lowest BCUT2D eigenvalue weighted by atomic mass is 10.1. The van der Waals surface area contributed by atoms with Gasteiger partial charge in [-0.2, -0.15) is 0 Å². The van der Waals surface area contributed by atoms with Crippen molar-refractivity contribution in [1.82, 2.24) is 9.88 Å². The molecule has 5 heteroatoms. The van der Waals surface area contributed by atoms with Gasteiger partial charge in [0.25, 0.3) is 5.91 Å². The second-order valence-electron chi connectivity index (χ2n) is 6.50. The number of nitrogens with zero attached hydrogens (tertiary/aromatic N) is 1. The largest absolute Gasteiger partial charge is 0.344 e. The molecule has 2 aromatic rings. The Bertz CT molecular complexity index is 757. The van der Waals surface area contributed by atoms with Crippen LogP contribution in [-0.4, -0.2) is 16.4 Å². The highest BCUT2D eigenvalue weighted by molar-refractivity contribution is 5.94. The molecule has 1 aliphatic carbocycles. The molecule has 1 atom stereocenters. The van der Waals surface area contributed by atoms with Gasteiger partial charge in [0.05, 0.1) is 6.04 Å². The minimum Gasteiger partial charge on any atom is -0.344 e. The molecule has 2 amide bonds. The molecule has 0 radical (unpaired) electrons. The molecule has 1 aromatic carbocycles. The van der Waals surface area contributed by atoms with Crippen LogP contribution in [0.1, 0.15) is 47.6 Å². The lowest BCUT2D eigenvalue weighted by molar-refractivity contribution is -0.117. The molecule has 0 bridgehead atoms. The molecule has 24 heavy (non-hydrogen) atoms. The fourth-order valence-corrected chi connectivity index (χ4v) is 2.64. The zero-order chi connectivity index (χ0) is 17.3. The molecule has 1 saturated carbocycles. The van der Waals surface area contributed by atoms with E-state index in [1.54, 1.807) is 0 Å². The number of nitrogens with one attached hydrogen (secondary N) is 2. The second-order valence-corrected chi connectivity index (χ2v) is 6.50. The number of anilines is 1. The number of carbonyl (C=O) groups excluding carboxylic acids is 2. The number of rotatable bonds is 5. The van der Waals surface area contributed by atoms with Gasteiger partial charge in [0.15, 0.2) is 0 Å². The predicted octanol–water partition coefficient (Wildman–Crippen LogP) is 3.17. The van der Waals surface area contributed by atoms with E-state index < -0.39 is 0 Å². The van der Waals surface area contributed by atoms with Crippen molar-refractivity contribution in [3.63, 3.8) is 0 Å². The molecule has 2 N–H and O–H groups in total. The second kappa shape index (κ2) is 6.51. The first-order valence-corrected chi connectivity index (χ1v) is 8.29. The molecule has 1 fully saturated rings.